The third-order valence-electron chi connectivity index (χ3n) is 3.39. The number of ether oxygens (including phenoxy) is 1. The fourth-order valence-electron chi connectivity index (χ4n) is 2.35. The van der Waals surface area contributed by atoms with Gasteiger partial charge in [-0.15, -0.1) is 0 Å². The van der Waals surface area contributed by atoms with Gasteiger partial charge in [-0.2, -0.15) is 0 Å². The van der Waals surface area contributed by atoms with Crippen LogP contribution in [0.4, 0.5) is 0 Å². The molecule has 0 spiro atoms. The number of aldehydes is 1. The van der Waals surface area contributed by atoms with Gasteiger partial charge in [0.05, 0.1) is 12.1 Å². The molecule has 0 heterocycles. The number of carbonyl (C=O) groups excluding carboxylic acids is 1. The van der Waals surface area contributed by atoms with Crippen LogP contribution in [-0.2, 0) is 4.79 Å². The third-order valence-corrected chi connectivity index (χ3v) is 3.84. The lowest BCUT2D eigenvalue weighted by atomic mass is 9.87. The minimum atomic E-state index is 0.189. The minimum absolute atomic E-state index is 0.189. The van der Waals surface area contributed by atoms with Gasteiger partial charge in [0.15, 0.2) is 0 Å². The van der Waals surface area contributed by atoms with Gasteiger partial charge in [-0.05, 0) is 48.9 Å². The van der Waals surface area contributed by atoms with E-state index in [0.717, 1.165) is 28.7 Å². The summed E-state index contributed by atoms with van der Waals surface area (Å²) in [6.45, 7) is 8.08. The van der Waals surface area contributed by atoms with Crippen molar-refractivity contribution in [2.75, 3.05) is 7.11 Å². The number of hydrogen-bond donors (Lipinski definition) is 0. The summed E-state index contributed by atoms with van der Waals surface area (Å²) in [6, 6.07) is 0. The summed E-state index contributed by atoms with van der Waals surface area (Å²) in [7, 11) is 1.63. The molecule has 0 aliphatic carbocycles. The van der Waals surface area contributed by atoms with Crippen LogP contribution >= 0.6 is 11.6 Å². The van der Waals surface area contributed by atoms with Crippen LogP contribution < -0.4 is 4.74 Å². The van der Waals surface area contributed by atoms with Crippen LogP contribution in [0.25, 0.3) is 0 Å². The van der Waals surface area contributed by atoms with Gasteiger partial charge in [0, 0.05) is 6.42 Å². The number of halogens is 1. The molecule has 0 amide bonds. The van der Waals surface area contributed by atoms with Crippen molar-refractivity contribution in [1.29, 1.82) is 0 Å². The van der Waals surface area contributed by atoms with Crippen molar-refractivity contribution in [3.63, 3.8) is 0 Å². The lowest BCUT2D eigenvalue weighted by molar-refractivity contribution is -0.108. The lowest BCUT2D eigenvalue weighted by Crippen LogP contribution is -2.05. The highest BCUT2D eigenvalue weighted by Crippen LogP contribution is 2.40. The molecule has 1 rings (SSSR count). The largest absolute Gasteiger partial charge is 0.495 e. The van der Waals surface area contributed by atoms with Gasteiger partial charge in [-0.25, -0.2) is 0 Å². The van der Waals surface area contributed by atoms with E-state index in [0.29, 0.717) is 11.4 Å². The maximum Gasteiger partial charge on any atom is 0.140 e. The zero-order valence-corrected chi connectivity index (χ0v) is 11.8. The number of carbonyl (C=O) groups is 1. The molecular formula is C14H19ClO2. The third kappa shape index (κ3) is 2.47. The van der Waals surface area contributed by atoms with E-state index in [-0.39, 0.29) is 5.92 Å². The minimum Gasteiger partial charge on any atom is -0.495 e. The van der Waals surface area contributed by atoms with Crippen molar-refractivity contribution >= 4 is 17.9 Å². The number of hydrogen-bond acceptors (Lipinski definition) is 2. The summed E-state index contributed by atoms with van der Waals surface area (Å²) in [5.74, 6) is 0.929. The quantitative estimate of drug-likeness (QED) is 0.760. The van der Waals surface area contributed by atoms with Gasteiger partial charge in [-0.3, -0.25) is 0 Å². The summed E-state index contributed by atoms with van der Waals surface area (Å²) in [4.78, 5) is 10.6. The molecule has 1 aromatic carbocycles. The molecule has 0 aliphatic rings. The van der Waals surface area contributed by atoms with Crippen LogP contribution in [0, 0.1) is 20.8 Å². The van der Waals surface area contributed by atoms with Crippen molar-refractivity contribution in [2.24, 2.45) is 0 Å². The molecule has 0 aliphatic heterocycles. The van der Waals surface area contributed by atoms with Gasteiger partial charge in [-0.1, -0.05) is 18.5 Å². The topological polar surface area (TPSA) is 26.3 Å². The Morgan fingerprint density at radius 2 is 1.82 bits per heavy atom. The highest BCUT2D eigenvalue weighted by atomic mass is 35.5. The van der Waals surface area contributed by atoms with Crippen LogP contribution in [0.15, 0.2) is 0 Å². The van der Waals surface area contributed by atoms with E-state index in [9.17, 15) is 4.79 Å². The molecule has 0 bridgehead atoms. The molecule has 0 radical (unpaired) electrons. The number of methoxy groups -OCH3 is 1. The summed E-state index contributed by atoms with van der Waals surface area (Å²) in [5.41, 5.74) is 4.40. The van der Waals surface area contributed by atoms with Crippen LogP contribution in [0.3, 0.4) is 0 Å². The Morgan fingerprint density at radius 3 is 2.29 bits per heavy atom. The average Bonchev–Trinajstić information content (AvgIpc) is 2.28. The van der Waals surface area contributed by atoms with E-state index in [1.807, 2.05) is 20.8 Å². The smallest absolute Gasteiger partial charge is 0.140 e. The Labute approximate surface area is 108 Å². The molecule has 94 valence electrons. The molecule has 1 aromatic rings. The zero-order chi connectivity index (χ0) is 13.2. The Hall–Kier alpha value is -1.02. The number of benzene rings is 1. The average molecular weight is 255 g/mol. The molecule has 0 saturated carbocycles. The Morgan fingerprint density at radius 1 is 1.24 bits per heavy atom. The van der Waals surface area contributed by atoms with Crippen LogP contribution in [0.1, 0.15) is 41.5 Å². The first kappa shape index (κ1) is 14.0. The van der Waals surface area contributed by atoms with Gasteiger partial charge < -0.3 is 9.53 Å². The Kier molecular flexibility index (Phi) is 4.58. The molecular weight excluding hydrogens is 236 g/mol. The maximum atomic E-state index is 10.6. The maximum absolute atomic E-state index is 10.6. The van der Waals surface area contributed by atoms with Gasteiger partial charge in [0.25, 0.3) is 0 Å². The van der Waals surface area contributed by atoms with E-state index < -0.39 is 0 Å². The summed E-state index contributed by atoms with van der Waals surface area (Å²) in [6.07, 6.45) is 1.47. The van der Waals surface area contributed by atoms with Crippen molar-refractivity contribution in [1.82, 2.24) is 0 Å². The second-order valence-electron chi connectivity index (χ2n) is 4.44. The first-order valence-electron chi connectivity index (χ1n) is 5.72. The van der Waals surface area contributed by atoms with Crippen LogP contribution in [-0.4, -0.2) is 13.4 Å². The van der Waals surface area contributed by atoms with Crippen LogP contribution in [0.5, 0.6) is 5.75 Å². The summed E-state index contributed by atoms with van der Waals surface area (Å²) < 4.78 is 5.33. The first-order chi connectivity index (χ1) is 7.95. The molecule has 0 N–H and O–H groups in total. The second kappa shape index (κ2) is 5.54. The highest BCUT2D eigenvalue weighted by molar-refractivity contribution is 6.33. The van der Waals surface area contributed by atoms with E-state index in [4.69, 9.17) is 16.3 Å². The summed E-state index contributed by atoms with van der Waals surface area (Å²) >= 11 is 6.31. The van der Waals surface area contributed by atoms with Crippen molar-refractivity contribution < 1.29 is 9.53 Å². The van der Waals surface area contributed by atoms with Gasteiger partial charge in [0.2, 0.25) is 0 Å². The van der Waals surface area contributed by atoms with Gasteiger partial charge in [0.1, 0.15) is 12.0 Å². The second-order valence-corrected chi connectivity index (χ2v) is 4.82. The predicted octanol–water partition coefficient (Wildman–Crippen LogP) is 3.97. The fourth-order valence-corrected chi connectivity index (χ4v) is 2.67. The van der Waals surface area contributed by atoms with Crippen LogP contribution in [0.2, 0.25) is 5.02 Å². The number of rotatable bonds is 4. The standard InChI is InChI=1S/C14H19ClO2/c1-8(6-7-16)12-9(2)10(3)14(17-5)13(15)11(12)4/h7-8H,6H2,1-5H3. The molecule has 3 heteroatoms. The normalized spacial score (nSPS) is 12.4. The molecule has 2 nitrogen and oxygen atoms in total. The molecule has 0 fully saturated rings. The monoisotopic (exact) mass is 254 g/mol. The summed E-state index contributed by atoms with van der Waals surface area (Å²) in [5, 5.41) is 0.656. The molecule has 1 atom stereocenters. The van der Waals surface area contributed by atoms with E-state index >= 15 is 0 Å². The highest BCUT2D eigenvalue weighted by Gasteiger charge is 2.19. The lowest BCUT2D eigenvalue weighted by Gasteiger charge is -2.21. The molecule has 17 heavy (non-hydrogen) atoms. The Bertz CT molecular complexity index is 409. The van der Waals surface area contributed by atoms with Crippen molar-refractivity contribution in [2.45, 2.75) is 40.0 Å². The zero-order valence-electron chi connectivity index (χ0n) is 11.1. The fraction of sp³-hybridized carbons (Fsp3) is 0.500. The van der Waals surface area contributed by atoms with E-state index in [1.54, 1.807) is 7.11 Å². The molecule has 0 aromatic heterocycles. The molecule has 1 unspecified atom stereocenters. The molecule has 0 saturated heterocycles. The Balaban J connectivity index is 3.47. The van der Waals surface area contributed by atoms with E-state index in [2.05, 4.69) is 6.92 Å². The van der Waals surface area contributed by atoms with Gasteiger partial charge >= 0.3 is 0 Å². The van der Waals surface area contributed by atoms with E-state index in [1.165, 1.54) is 5.56 Å². The SMILES string of the molecule is COc1c(C)c(C)c(C(C)CC=O)c(C)c1Cl. The van der Waals surface area contributed by atoms with Crippen molar-refractivity contribution in [3.05, 3.63) is 27.3 Å². The first-order valence-corrected chi connectivity index (χ1v) is 6.10. The predicted molar refractivity (Wildman–Crippen MR) is 71.3 cm³/mol. The van der Waals surface area contributed by atoms with Crippen molar-refractivity contribution in [3.8, 4) is 5.75 Å².